The number of nitrogens with one attached hydrogen (secondary N) is 1. The molecule has 0 aliphatic heterocycles. The second-order valence-electron chi connectivity index (χ2n) is 6.04. The quantitative estimate of drug-likeness (QED) is 0.690. The number of amides is 2. The summed E-state index contributed by atoms with van der Waals surface area (Å²) in [6, 6.07) is 6.58. The molecule has 2 aromatic rings. The van der Waals surface area contributed by atoms with E-state index in [1.54, 1.807) is 33.0 Å². The molecule has 1 N–H and O–H groups in total. The Balaban J connectivity index is 2.34. The number of hydrogen-bond acceptors (Lipinski definition) is 2. The van der Waals surface area contributed by atoms with E-state index < -0.39 is 11.7 Å². The number of nitrogens with zero attached hydrogens (tertiary/aromatic N) is 1. The molecule has 2 amide bonds. The van der Waals surface area contributed by atoms with E-state index in [-0.39, 0.29) is 16.8 Å². The first-order valence-corrected chi connectivity index (χ1v) is 8.59. The first-order valence-electron chi connectivity index (χ1n) is 8.22. The van der Waals surface area contributed by atoms with Crippen LogP contribution < -0.4 is 15.0 Å². The van der Waals surface area contributed by atoms with Crippen molar-refractivity contribution in [2.45, 2.75) is 26.9 Å². The van der Waals surface area contributed by atoms with E-state index in [1.165, 1.54) is 11.0 Å². The van der Waals surface area contributed by atoms with Crippen molar-refractivity contribution in [2.75, 3.05) is 18.5 Å². The zero-order chi connectivity index (χ0) is 20.4. The summed E-state index contributed by atoms with van der Waals surface area (Å²) in [5.41, 5.74) is 1.14. The number of rotatable bonds is 4. The van der Waals surface area contributed by atoms with Crippen molar-refractivity contribution in [3.8, 4) is 11.5 Å². The van der Waals surface area contributed by atoms with Gasteiger partial charge in [-0.15, -0.1) is 0 Å². The summed E-state index contributed by atoms with van der Waals surface area (Å²) in [7, 11) is 1.64. The maximum absolute atomic E-state index is 13.0. The molecule has 0 saturated carbocycles. The first kappa shape index (κ1) is 20.9. The number of carbonyl (C=O) groups excluding carboxylic acids is 1. The van der Waals surface area contributed by atoms with Crippen LogP contribution >= 0.6 is 11.6 Å². The number of alkyl halides is 3. The summed E-state index contributed by atoms with van der Waals surface area (Å²) < 4.78 is 44.7. The van der Waals surface area contributed by atoms with E-state index in [1.807, 2.05) is 6.92 Å². The lowest BCUT2D eigenvalue weighted by molar-refractivity contribution is -0.137. The van der Waals surface area contributed by atoms with Gasteiger partial charge in [0.25, 0.3) is 0 Å². The minimum Gasteiger partial charge on any atom is -0.457 e. The number of urea groups is 1. The summed E-state index contributed by atoms with van der Waals surface area (Å²) in [5, 5.41) is 2.32. The molecule has 0 heterocycles. The number of ether oxygens (including phenoxy) is 1. The van der Waals surface area contributed by atoms with Crippen molar-refractivity contribution < 1.29 is 22.7 Å². The molecule has 2 aromatic carbocycles. The van der Waals surface area contributed by atoms with Gasteiger partial charge >= 0.3 is 12.2 Å². The van der Waals surface area contributed by atoms with Gasteiger partial charge in [0.05, 0.1) is 10.6 Å². The number of anilines is 1. The minimum absolute atomic E-state index is 0.0269. The summed E-state index contributed by atoms with van der Waals surface area (Å²) in [6.07, 6.45) is -4.57. The van der Waals surface area contributed by atoms with Crippen LogP contribution in [0.1, 0.15) is 23.6 Å². The van der Waals surface area contributed by atoms with Crippen LogP contribution in [0.25, 0.3) is 0 Å². The molecule has 0 spiro atoms. The van der Waals surface area contributed by atoms with Gasteiger partial charge in [0.1, 0.15) is 11.5 Å². The standard InChI is InChI=1S/C19H20ClF3N2O2/c1-5-24-18(26)25(4)16-8-12(3)17(9-11(16)2)27-13-6-7-15(20)14(10-13)19(21,22)23/h6-10H,5H2,1-4H3,(H,24,26). The van der Waals surface area contributed by atoms with Crippen LogP contribution in [0.3, 0.4) is 0 Å². The Morgan fingerprint density at radius 2 is 1.85 bits per heavy atom. The third kappa shape index (κ3) is 4.86. The largest absolute Gasteiger partial charge is 0.457 e. The van der Waals surface area contributed by atoms with Gasteiger partial charge in [-0.05, 0) is 62.2 Å². The van der Waals surface area contributed by atoms with Crippen molar-refractivity contribution in [2.24, 2.45) is 0 Å². The molecule has 27 heavy (non-hydrogen) atoms. The third-order valence-electron chi connectivity index (χ3n) is 3.96. The van der Waals surface area contributed by atoms with E-state index in [4.69, 9.17) is 16.3 Å². The van der Waals surface area contributed by atoms with E-state index in [9.17, 15) is 18.0 Å². The van der Waals surface area contributed by atoms with Gasteiger partial charge in [-0.3, -0.25) is 4.90 Å². The van der Waals surface area contributed by atoms with Crippen LogP contribution in [0.15, 0.2) is 30.3 Å². The van der Waals surface area contributed by atoms with E-state index in [0.29, 0.717) is 23.5 Å². The van der Waals surface area contributed by atoms with E-state index in [0.717, 1.165) is 17.7 Å². The molecule has 0 aromatic heterocycles. The van der Waals surface area contributed by atoms with Gasteiger partial charge in [-0.25, -0.2) is 4.79 Å². The lowest BCUT2D eigenvalue weighted by Gasteiger charge is -2.21. The van der Waals surface area contributed by atoms with Crippen LogP contribution in [0.2, 0.25) is 5.02 Å². The fourth-order valence-electron chi connectivity index (χ4n) is 2.54. The Bertz CT molecular complexity index is 854. The zero-order valence-electron chi connectivity index (χ0n) is 15.4. The molecule has 0 atom stereocenters. The van der Waals surface area contributed by atoms with Gasteiger partial charge in [0, 0.05) is 19.3 Å². The van der Waals surface area contributed by atoms with Gasteiger partial charge in [0.15, 0.2) is 0 Å². The number of halogens is 4. The first-order chi connectivity index (χ1) is 12.5. The normalized spacial score (nSPS) is 11.3. The van der Waals surface area contributed by atoms with E-state index >= 15 is 0 Å². The average molecular weight is 401 g/mol. The number of carbonyl (C=O) groups is 1. The highest BCUT2D eigenvalue weighted by Crippen LogP contribution is 2.38. The fourth-order valence-corrected chi connectivity index (χ4v) is 2.76. The monoisotopic (exact) mass is 400 g/mol. The van der Waals surface area contributed by atoms with Crippen molar-refractivity contribution in [1.82, 2.24) is 5.32 Å². The lowest BCUT2D eigenvalue weighted by Crippen LogP contribution is -2.37. The van der Waals surface area contributed by atoms with Gasteiger partial charge in [-0.1, -0.05) is 11.6 Å². The molecular formula is C19H20ClF3N2O2. The number of benzene rings is 2. The third-order valence-corrected chi connectivity index (χ3v) is 4.29. The zero-order valence-corrected chi connectivity index (χ0v) is 16.1. The SMILES string of the molecule is CCNC(=O)N(C)c1cc(C)c(Oc2ccc(Cl)c(C(F)(F)F)c2)cc1C. The molecular weight excluding hydrogens is 381 g/mol. The highest BCUT2D eigenvalue weighted by Gasteiger charge is 2.33. The van der Waals surface area contributed by atoms with Crippen molar-refractivity contribution in [3.05, 3.63) is 52.0 Å². The highest BCUT2D eigenvalue weighted by atomic mass is 35.5. The van der Waals surface area contributed by atoms with Crippen molar-refractivity contribution in [3.63, 3.8) is 0 Å². The van der Waals surface area contributed by atoms with Gasteiger partial charge < -0.3 is 10.1 Å². The fraction of sp³-hybridized carbons (Fsp3) is 0.316. The molecule has 0 saturated heterocycles. The predicted molar refractivity (Wildman–Crippen MR) is 99.9 cm³/mol. The van der Waals surface area contributed by atoms with Gasteiger partial charge in [0.2, 0.25) is 0 Å². The second kappa shape index (κ2) is 8.08. The molecule has 0 radical (unpaired) electrons. The molecule has 8 heteroatoms. The summed E-state index contributed by atoms with van der Waals surface area (Å²) in [5.74, 6) is 0.426. The van der Waals surface area contributed by atoms with Crippen molar-refractivity contribution in [1.29, 1.82) is 0 Å². The Kier molecular flexibility index (Phi) is 6.26. The molecule has 0 unspecified atom stereocenters. The van der Waals surface area contributed by atoms with Crippen molar-refractivity contribution >= 4 is 23.3 Å². The highest BCUT2D eigenvalue weighted by molar-refractivity contribution is 6.31. The van der Waals surface area contributed by atoms with Crippen LogP contribution in [0, 0.1) is 13.8 Å². The topological polar surface area (TPSA) is 41.6 Å². The smallest absolute Gasteiger partial charge is 0.417 e. The Hall–Kier alpha value is -2.41. The maximum Gasteiger partial charge on any atom is 0.417 e. The van der Waals surface area contributed by atoms with Crippen LogP contribution in [-0.2, 0) is 6.18 Å². The molecule has 4 nitrogen and oxygen atoms in total. The molecule has 0 bridgehead atoms. The molecule has 146 valence electrons. The minimum atomic E-state index is -4.57. The van der Waals surface area contributed by atoms with Crippen LogP contribution in [0.5, 0.6) is 11.5 Å². The summed E-state index contributed by atoms with van der Waals surface area (Å²) in [4.78, 5) is 13.5. The maximum atomic E-state index is 13.0. The Morgan fingerprint density at radius 1 is 1.19 bits per heavy atom. The summed E-state index contributed by atoms with van der Waals surface area (Å²) in [6.45, 7) is 5.87. The summed E-state index contributed by atoms with van der Waals surface area (Å²) >= 11 is 5.63. The molecule has 2 rings (SSSR count). The van der Waals surface area contributed by atoms with E-state index in [2.05, 4.69) is 5.32 Å². The number of hydrogen-bond donors (Lipinski definition) is 1. The Labute approximate surface area is 160 Å². The second-order valence-corrected chi connectivity index (χ2v) is 6.45. The lowest BCUT2D eigenvalue weighted by atomic mass is 10.1. The molecule has 0 aliphatic rings. The average Bonchev–Trinajstić information content (AvgIpc) is 2.58. The number of aryl methyl sites for hydroxylation is 2. The van der Waals surface area contributed by atoms with Crippen LogP contribution in [0.4, 0.5) is 23.7 Å². The van der Waals surface area contributed by atoms with Gasteiger partial charge in [-0.2, -0.15) is 13.2 Å². The predicted octanol–water partition coefficient (Wildman–Crippen LogP) is 5.93. The Morgan fingerprint density at radius 3 is 2.44 bits per heavy atom. The molecule has 0 aliphatic carbocycles. The van der Waals surface area contributed by atoms with Crippen LogP contribution in [-0.4, -0.2) is 19.6 Å². The molecule has 0 fully saturated rings.